The molecule has 3 aromatic rings. The van der Waals surface area contributed by atoms with E-state index < -0.39 is 5.97 Å². The number of hydrogen-bond donors (Lipinski definition) is 2. The van der Waals surface area contributed by atoms with Crippen LogP contribution in [-0.4, -0.2) is 24.9 Å². The van der Waals surface area contributed by atoms with Gasteiger partial charge in [0.15, 0.2) is 0 Å². The molecule has 0 heterocycles. The number of carbonyl (C=O) groups is 3. The van der Waals surface area contributed by atoms with Gasteiger partial charge < -0.3 is 15.4 Å². The highest BCUT2D eigenvalue weighted by Gasteiger charge is 2.09. The Balaban J connectivity index is 1.56. The summed E-state index contributed by atoms with van der Waals surface area (Å²) in [6.45, 7) is 0.366. The number of esters is 1. The van der Waals surface area contributed by atoms with Crippen LogP contribution >= 0.6 is 0 Å². The van der Waals surface area contributed by atoms with E-state index in [1.54, 1.807) is 60.7 Å². The molecule has 0 saturated heterocycles. The SMILES string of the molecule is COC(=O)c1ccc(NC(=O)c2ccc(CNC(=O)c3ccccc3)cc2)cc1. The summed E-state index contributed by atoms with van der Waals surface area (Å²) in [5.41, 5.74) is 2.95. The van der Waals surface area contributed by atoms with Gasteiger partial charge in [0.2, 0.25) is 0 Å². The minimum absolute atomic E-state index is 0.150. The standard InChI is InChI=1S/C23H20N2O4/c1-29-23(28)19-11-13-20(14-12-19)25-22(27)18-9-7-16(8-10-18)15-24-21(26)17-5-3-2-4-6-17/h2-14H,15H2,1H3,(H,24,26)(H,25,27). The van der Waals surface area contributed by atoms with E-state index in [0.29, 0.717) is 28.9 Å². The Labute approximate surface area is 168 Å². The molecule has 146 valence electrons. The van der Waals surface area contributed by atoms with Gasteiger partial charge in [-0.15, -0.1) is 0 Å². The largest absolute Gasteiger partial charge is 0.465 e. The van der Waals surface area contributed by atoms with Crippen molar-refractivity contribution in [2.75, 3.05) is 12.4 Å². The van der Waals surface area contributed by atoms with Gasteiger partial charge in [-0.3, -0.25) is 9.59 Å². The van der Waals surface area contributed by atoms with E-state index in [0.717, 1.165) is 5.56 Å². The zero-order chi connectivity index (χ0) is 20.6. The van der Waals surface area contributed by atoms with Gasteiger partial charge in [-0.25, -0.2) is 4.79 Å². The number of methoxy groups -OCH3 is 1. The van der Waals surface area contributed by atoms with Crippen molar-refractivity contribution in [2.24, 2.45) is 0 Å². The molecule has 6 nitrogen and oxygen atoms in total. The summed E-state index contributed by atoms with van der Waals surface area (Å²) in [7, 11) is 1.31. The Morgan fingerprint density at radius 3 is 1.93 bits per heavy atom. The maximum atomic E-state index is 12.4. The lowest BCUT2D eigenvalue weighted by Gasteiger charge is -2.08. The molecular weight excluding hydrogens is 368 g/mol. The van der Waals surface area contributed by atoms with Gasteiger partial charge in [-0.1, -0.05) is 30.3 Å². The Hall–Kier alpha value is -3.93. The number of rotatable bonds is 6. The summed E-state index contributed by atoms with van der Waals surface area (Å²) in [5, 5.41) is 5.62. The van der Waals surface area contributed by atoms with Crippen LogP contribution in [0.25, 0.3) is 0 Å². The second-order valence-electron chi connectivity index (χ2n) is 6.27. The van der Waals surface area contributed by atoms with E-state index in [4.69, 9.17) is 0 Å². The van der Waals surface area contributed by atoms with Crippen LogP contribution in [0.2, 0.25) is 0 Å². The second-order valence-corrected chi connectivity index (χ2v) is 6.27. The number of amides is 2. The predicted octanol–water partition coefficient (Wildman–Crippen LogP) is 3.66. The molecule has 0 aromatic heterocycles. The predicted molar refractivity (Wildman–Crippen MR) is 110 cm³/mol. The summed E-state index contributed by atoms with van der Waals surface area (Å²) >= 11 is 0. The summed E-state index contributed by atoms with van der Waals surface area (Å²) in [6.07, 6.45) is 0. The molecule has 0 atom stereocenters. The molecule has 6 heteroatoms. The summed E-state index contributed by atoms with van der Waals surface area (Å²) in [5.74, 6) is -0.851. The lowest BCUT2D eigenvalue weighted by atomic mass is 10.1. The first kappa shape index (κ1) is 19.8. The third-order valence-corrected chi connectivity index (χ3v) is 4.27. The lowest BCUT2D eigenvalue weighted by Crippen LogP contribution is -2.22. The lowest BCUT2D eigenvalue weighted by molar-refractivity contribution is 0.0600. The highest BCUT2D eigenvalue weighted by molar-refractivity contribution is 6.04. The number of carbonyl (C=O) groups excluding carboxylic acids is 3. The average molecular weight is 388 g/mol. The van der Waals surface area contributed by atoms with Crippen molar-refractivity contribution in [2.45, 2.75) is 6.54 Å². The maximum absolute atomic E-state index is 12.4. The summed E-state index contributed by atoms with van der Waals surface area (Å²) in [4.78, 5) is 35.9. The Morgan fingerprint density at radius 1 is 0.724 bits per heavy atom. The average Bonchev–Trinajstić information content (AvgIpc) is 2.78. The molecule has 0 radical (unpaired) electrons. The minimum atomic E-state index is -0.433. The fraction of sp³-hybridized carbons (Fsp3) is 0.0870. The van der Waals surface area contributed by atoms with Gasteiger partial charge in [0.05, 0.1) is 12.7 Å². The topological polar surface area (TPSA) is 84.5 Å². The highest BCUT2D eigenvalue weighted by atomic mass is 16.5. The minimum Gasteiger partial charge on any atom is -0.465 e. The molecule has 2 N–H and O–H groups in total. The zero-order valence-corrected chi connectivity index (χ0v) is 15.8. The van der Waals surface area contributed by atoms with Crippen molar-refractivity contribution in [1.82, 2.24) is 5.32 Å². The van der Waals surface area contributed by atoms with Gasteiger partial charge in [0.25, 0.3) is 11.8 Å². The van der Waals surface area contributed by atoms with Gasteiger partial charge >= 0.3 is 5.97 Å². The van der Waals surface area contributed by atoms with E-state index in [9.17, 15) is 14.4 Å². The molecule has 0 aliphatic heterocycles. The third-order valence-electron chi connectivity index (χ3n) is 4.27. The van der Waals surface area contributed by atoms with Gasteiger partial charge in [0, 0.05) is 23.4 Å². The quantitative estimate of drug-likeness (QED) is 0.631. The van der Waals surface area contributed by atoms with Crippen LogP contribution in [0.5, 0.6) is 0 Å². The van der Waals surface area contributed by atoms with Gasteiger partial charge in [-0.2, -0.15) is 0 Å². The van der Waals surface area contributed by atoms with Crippen molar-refractivity contribution >= 4 is 23.5 Å². The number of hydrogen-bond acceptors (Lipinski definition) is 4. The van der Waals surface area contributed by atoms with Crippen molar-refractivity contribution in [1.29, 1.82) is 0 Å². The zero-order valence-electron chi connectivity index (χ0n) is 15.8. The molecule has 0 unspecified atom stereocenters. The highest BCUT2D eigenvalue weighted by Crippen LogP contribution is 2.13. The summed E-state index contributed by atoms with van der Waals surface area (Å²) in [6, 6.07) is 22.4. The molecule has 0 fully saturated rings. The second kappa shape index (κ2) is 9.32. The third kappa shape index (κ3) is 5.29. The Bertz CT molecular complexity index is 997. The number of nitrogens with one attached hydrogen (secondary N) is 2. The van der Waals surface area contributed by atoms with E-state index in [2.05, 4.69) is 15.4 Å². The van der Waals surface area contributed by atoms with E-state index in [-0.39, 0.29) is 11.8 Å². The normalized spacial score (nSPS) is 10.1. The first-order chi connectivity index (χ1) is 14.1. The van der Waals surface area contributed by atoms with Crippen LogP contribution in [0.15, 0.2) is 78.9 Å². The van der Waals surface area contributed by atoms with Gasteiger partial charge in [0.1, 0.15) is 0 Å². The molecule has 29 heavy (non-hydrogen) atoms. The van der Waals surface area contributed by atoms with Crippen molar-refractivity contribution in [3.05, 3.63) is 101 Å². The first-order valence-corrected chi connectivity index (χ1v) is 8.99. The maximum Gasteiger partial charge on any atom is 0.337 e. The molecule has 0 spiro atoms. The van der Waals surface area contributed by atoms with E-state index in [1.165, 1.54) is 7.11 Å². The van der Waals surface area contributed by atoms with E-state index >= 15 is 0 Å². The molecule has 2 amide bonds. The monoisotopic (exact) mass is 388 g/mol. The van der Waals surface area contributed by atoms with Crippen molar-refractivity contribution in [3.63, 3.8) is 0 Å². The van der Waals surface area contributed by atoms with E-state index in [1.807, 2.05) is 18.2 Å². The molecule has 3 aromatic carbocycles. The molecule has 0 aliphatic carbocycles. The molecule has 0 saturated carbocycles. The Kier molecular flexibility index (Phi) is 6.37. The van der Waals surface area contributed by atoms with Crippen LogP contribution in [0, 0.1) is 0 Å². The number of ether oxygens (including phenoxy) is 1. The fourth-order valence-corrected chi connectivity index (χ4v) is 2.66. The molecule has 0 bridgehead atoms. The number of anilines is 1. The molecule has 3 rings (SSSR count). The fourth-order valence-electron chi connectivity index (χ4n) is 2.66. The van der Waals surface area contributed by atoms with Crippen molar-refractivity contribution < 1.29 is 19.1 Å². The van der Waals surface area contributed by atoms with Crippen LogP contribution in [0.3, 0.4) is 0 Å². The molecular formula is C23H20N2O4. The van der Waals surface area contributed by atoms with Gasteiger partial charge in [-0.05, 0) is 54.1 Å². The van der Waals surface area contributed by atoms with Crippen LogP contribution in [-0.2, 0) is 11.3 Å². The van der Waals surface area contributed by atoms with Crippen molar-refractivity contribution in [3.8, 4) is 0 Å². The number of benzene rings is 3. The van der Waals surface area contributed by atoms with Crippen LogP contribution in [0.1, 0.15) is 36.6 Å². The molecule has 0 aliphatic rings. The first-order valence-electron chi connectivity index (χ1n) is 8.99. The smallest absolute Gasteiger partial charge is 0.337 e. The Morgan fingerprint density at radius 2 is 1.31 bits per heavy atom. The van der Waals surface area contributed by atoms with Crippen LogP contribution in [0.4, 0.5) is 5.69 Å². The van der Waals surface area contributed by atoms with Crippen LogP contribution < -0.4 is 10.6 Å². The summed E-state index contributed by atoms with van der Waals surface area (Å²) < 4.78 is 4.64.